The number of sulfonamides is 1. The van der Waals surface area contributed by atoms with Gasteiger partial charge in [0, 0.05) is 7.05 Å². The summed E-state index contributed by atoms with van der Waals surface area (Å²) in [5.74, 6) is -0.440. The van der Waals surface area contributed by atoms with Crippen LogP contribution in [0.5, 0.6) is 0 Å². The number of hydrogen-bond donors (Lipinski definition) is 2. The maximum atomic E-state index is 11.7. The molecule has 0 atom stereocenters. The highest BCUT2D eigenvalue weighted by Gasteiger charge is 2.15. The summed E-state index contributed by atoms with van der Waals surface area (Å²) in [5.41, 5.74) is 0.243. The van der Waals surface area contributed by atoms with Gasteiger partial charge in [-0.05, 0) is 18.2 Å². The van der Waals surface area contributed by atoms with E-state index in [9.17, 15) is 13.2 Å². The number of hydrogen-bond acceptors (Lipinski definition) is 4. The highest BCUT2D eigenvalue weighted by Crippen LogP contribution is 2.10. The molecular weight excluding hydrogens is 242 g/mol. The van der Waals surface area contributed by atoms with Crippen molar-refractivity contribution in [3.05, 3.63) is 29.8 Å². The SMILES string of the molecule is CNC(=O)CNS(=O)(=O)c1cccc(C#N)c1. The summed E-state index contributed by atoms with van der Waals surface area (Å²) in [5, 5.41) is 10.9. The van der Waals surface area contributed by atoms with E-state index in [4.69, 9.17) is 5.26 Å². The number of benzene rings is 1. The van der Waals surface area contributed by atoms with Crippen molar-refractivity contribution in [2.45, 2.75) is 4.90 Å². The van der Waals surface area contributed by atoms with Crippen LogP contribution in [0.1, 0.15) is 5.56 Å². The summed E-state index contributed by atoms with van der Waals surface area (Å²) in [6, 6.07) is 7.40. The molecule has 6 nitrogen and oxygen atoms in total. The minimum Gasteiger partial charge on any atom is -0.358 e. The summed E-state index contributed by atoms with van der Waals surface area (Å²) in [6.07, 6.45) is 0. The number of amides is 1. The lowest BCUT2D eigenvalue weighted by atomic mass is 10.2. The van der Waals surface area contributed by atoms with Crippen LogP contribution in [0.4, 0.5) is 0 Å². The molecule has 0 aromatic heterocycles. The predicted molar refractivity (Wildman–Crippen MR) is 60.4 cm³/mol. The third kappa shape index (κ3) is 3.55. The molecule has 0 bridgehead atoms. The summed E-state index contributed by atoms with van der Waals surface area (Å²) in [6.45, 7) is -0.338. The average Bonchev–Trinajstić information content (AvgIpc) is 2.36. The Balaban J connectivity index is 2.90. The van der Waals surface area contributed by atoms with Crippen LogP contribution < -0.4 is 10.0 Å². The molecule has 1 aromatic carbocycles. The molecule has 0 fully saturated rings. The van der Waals surface area contributed by atoms with Crippen molar-refractivity contribution in [2.24, 2.45) is 0 Å². The molecule has 0 unspecified atom stereocenters. The van der Waals surface area contributed by atoms with E-state index >= 15 is 0 Å². The fourth-order valence-electron chi connectivity index (χ4n) is 1.07. The fourth-order valence-corrected chi connectivity index (χ4v) is 2.09. The first kappa shape index (κ1) is 13.2. The Hall–Kier alpha value is -1.91. The molecule has 0 saturated carbocycles. The molecule has 17 heavy (non-hydrogen) atoms. The Morgan fingerprint density at radius 3 is 2.76 bits per heavy atom. The zero-order valence-corrected chi connectivity index (χ0v) is 9.91. The van der Waals surface area contributed by atoms with E-state index < -0.39 is 15.9 Å². The molecule has 1 amide bonds. The number of nitrogens with one attached hydrogen (secondary N) is 2. The van der Waals surface area contributed by atoms with Crippen LogP contribution in [0.25, 0.3) is 0 Å². The second-order valence-corrected chi connectivity index (χ2v) is 4.90. The van der Waals surface area contributed by atoms with Crippen molar-refractivity contribution in [3.8, 4) is 6.07 Å². The van der Waals surface area contributed by atoms with Crippen molar-refractivity contribution in [3.63, 3.8) is 0 Å². The van der Waals surface area contributed by atoms with Gasteiger partial charge in [0.25, 0.3) is 0 Å². The van der Waals surface area contributed by atoms with E-state index in [-0.39, 0.29) is 17.0 Å². The summed E-state index contributed by atoms with van der Waals surface area (Å²) in [7, 11) is -2.35. The van der Waals surface area contributed by atoms with Gasteiger partial charge in [-0.3, -0.25) is 4.79 Å². The lowest BCUT2D eigenvalue weighted by Crippen LogP contribution is -2.35. The largest absolute Gasteiger partial charge is 0.358 e. The Morgan fingerprint density at radius 1 is 1.47 bits per heavy atom. The maximum Gasteiger partial charge on any atom is 0.241 e. The standard InChI is InChI=1S/C10H11N3O3S/c1-12-10(14)7-13-17(15,16)9-4-2-3-8(5-9)6-11/h2-5,13H,7H2,1H3,(H,12,14). The summed E-state index contributed by atoms with van der Waals surface area (Å²) in [4.78, 5) is 10.9. The number of carbonyl (C=O) groups is 1. The highest BCUT2D eigenvalue weighted by molar-refractivity contribution is 7.89. The topological polar surface area (TPSA) is 99.1 Å². The smallest absolute Gasteiger partial charge is 0.241 e. The van der Waals surface area contributed by atoms with Crippen LogP contribution in [-0.2, 0) is 14.8 Å². The molecule has 1 rings (SSSR count). The number of nitriles is 1. The van der Waals surface area contributed by atoms with Crippen molar-refractivity contribution in [1.82, 2.24) is 10.0 Å². The van der Waals surface area contributed by atoms with Crippen molar-refractivity contribution >= 4 is 15.9 Å². The average molecular weight is 253 g/mol. The monoisotopic (exact) mass is 253 g/mol. The van der Waals surface area contributed by atoms with Gasteiger partial charge in [-0.15, -0.1) is 0 Å². The molecule has 0 aliphatic rings. The van der Waals surface area contributed by atoms with E-state index in [0.717, 1.165) is 0 Å². The number of rotatable bonds is 4. The molecule has 1 aromatic rings. The first-order valence-electron chi connectivity index (χ1n) is 4.70. The first-order chi connectivity index (χ1) is 7.99. The zero-order valence-electron chi connectivity index (χ0n) is 9.10. The Bertz CT molecular complexity index is 560. The highest BCUT2D eigenvalue weighted by atomic mass is 32.2. The van der Waals surface area contributed by atoms with Crippen LogP contribution in [0.15, 0.2) is 29.2 Å². The van der Waals surface area contributed by atoms with E-state index in [2.05, 4.69) is 10.0 Å². The maximum absolute atomic E-state index is 11.7. The molecule has 0 heterocycles. The minimum absolute atomic E-state index is 0.0412. The molecule has 2 N–H and O–H groups in total. The molecule has 0 spiro atoms. The van der Waals surface area contributed by atoms with Gasteiger partial charge in [-0.2, -0.15) is 5.26 Å². The molecule has 0 aliphatic carbocycles. The van der Waals surface area contributed by atoms with E-state index in [1.54, 1.807) is 0 Å². The second-order valence-electron chi connectivity index (χ2n) is 3.14. The van der Waals surface area contributed by atoms with Crippen LogP contribution in [-0.4, -0.2) is 27.9 Å². The van der Waals surface area contributed by atoms with E-state index in [1.807, 2.05) is 6.07 Å². The second kappa shape index (κ2) is 5.43. The van der Waals surface area contributed by atoms with Crippen molar-refractivity contribution < 1.29 is 13.2 Å². The number of carbonyl (C=O) groups excluding carboxylic acids is 1. The van der Waals surface area contributed by atoms with Gasteiger partial charge in [0.2, 0.25) is 15.9 Å². The van der Waals surface area contributed by atoms with Crippen molar-refractivity contribution in [2.75, 3.05) is 13.6 Å². The zero-order chi connectivity index (χ0) is 12.9. The lowest BCUT2D eigenvalue weighted by Gasteiger charge is -2.05. The molecule has 90 valence electrons. The van der Waals surface area contributed by atoms with Gasteiger partial charge < -0.3 is 5.32 Å². The van der Waals surface area contributed by atoms with E-state index in [1.165, 1.54) is 31.3 Å². The van der Waals surface area contributed by atoms with Gasteiger partial charge >= 0.3 is 0 Å². The van der Waals surface area contributed by atoms with Gasteiger partial charge in [-0.25, -0.2) is 13.1 Å². The van der Waals surface area contributed by atoms with Gasteiger partial charge in [0.05, 0.1) is 23.1 Å². The summed E-state index contributed by atoms with van der Waals surface area (Å²) < 4.78 is 25.6. The molecule has 0 saturated heterocycles. The predicted octanol–water partition coefficient (Wildman–Crippen LogP) is -0.417. The third-order valence-corrected chi connectivity index (χ3v) is 3.37. The molecular formula is C10H11N3O3S. The van der Waals surface area contributed by atoms with E-state index in [0.29, 0.717) is 0 Å². The summed E-state index contributed by atoms with van der Waals surface area (Å²) >= 11 is 0. The van der Waals surface area contributed by atoms with Gasteiger partial charge in [-0.1, -0.05) is 6.07 Å². The number of nitrogens with zero attached hydrogens (tertiary/aromatic N) is 1. The lowest BCUT2D eigenvalue weighted by molar-refractivity contribution is -0.119. The molecule has 0 radical (unpaired) electrons. The Morgan fingerprint density at radius 2 is 2.18 bits per heavy atom. The van der Waals surface area contributed by atoms with Crippen LogP contribution in [0, 0.1) is 11.3 Å². The van der Waals surface area contributed by atoms with Gasteiger partial charge in [0.15, 0.2) is 0 Å². The van der Waals surface area contributed by atoms with Gasteiger partial charge in [0.1, 0.15) is 0 Å². The Labute approximate surface area is 99.3 Å². The normalized spacial score (nSPS) is 10.6. The molecule has 0 aliphatic heterocycles. The molecule has 7 heteroatoms. The Kier molecular flexibility index (Phi) is 4.20. The third-order valence-electron chi connectivity index (χ3n) is 1.98. The van der Waals surface area contributed by atoms with Crippen LogP contribution in [0.2, 0.25) is 0 Å². The first-order valence-corrected chi connectivity index (χ1v) is 6.18. The van der Waals surface area contributed by atoms with Crippen LogP contribution >= 0.6 is 0 Å². The fraction of sp³-hybridized carbons (Fsp3) is 0.200. The van der Waals surface area contributed by atoms with Crippen LogP contribution in [0.3, 0.4) is 0 Å². The number of likely N-dealkylation sites (N-methyl/N-ethyl adjacent to an activating group) is 1. The quantitative estimate of drug-likeness (QED) is 0.761. The van der Waals surface area contributed by atoms with Crippen molar-refractivity contribution in [1.29, 1.82) is 5.26 Å². The minimum atomic E-state index is -3.76.